The molecule has 0 saturated carbocycles. The highest BCUT2D eigenvalue weighted by Gasteiger charge is 2.27. The van der Waals surface area contributed by atoms with Crippen molar-refractivity contribution in [3.05, 3.63) is 70.2 Å². The lowest BCUT2D eigenvalue weighted by molar-refractivity contribution is 0.0495. The number of carbonyl (C=O) groups excluding carboxylic acids is 2. The van der Waals surface area contributed by atoms with E-state index in [1.807, 2.05) is 17.0 Å². The monoisotopic (exact) mass is 387 g/mol. The average molecular weight is 388 g/mol. The third kappa shape index (κ3) is 4.66. The summed E-state index contributed by atoms with van der Waals surface area (Å²) in [4.78, 5) is 28.2. The molecule has 7 heteroatoms. The van der Waals surface area contributed by atoms with Gasteiger partial charge in [0.15, 0.2) is 0 Å². The highest BCUT2D eigenvalue weighted by atomic mass is 35.5. The fourth-order valence-electron chi connectivity index (χ4n) is 3.28. The van der Waals surface area contributed by atoms with Gasteiger partial charge in [0, 0.05) is 48.4 Å². The maximum Gasteiger partial charge on any atom is 0.274 e. The number of hydrogen-bond acceptors (Lipinski definition) is 4. The first-order chi connectivity index (χ1) is 13.0. The Labute approximate surface area is 163 Å². The quantitative estimate of drug-likeness (QED) is 0.625. The molecule has 0 aliphatic carbocycles. The minimum absolute atomic E-state index is 0.00312. The molecule has 1 aliphatic heterocycles. The molecule has 0 bridgehead atoms. The minimum atomic E-state index is -0.525. The average Bonchev–Trinajstić information content (AvgIpc) is 2.69. The van der Waals surface area contributed by atoms with Crippen molar-refractivity contribution in [3.8, 4) is 0 Å². The predicted molar refractivity (Wildman–Crippen MR) is 103 cm³/mol. The Morgan fingerprint density at radius 1 is 1.15 bits per heavy atom. The van der Waals surface area contributed by atoms with E-state index in [4.69, 9.17) is 16.8 Å². The number of carbonyl (C=O) groups is 2. The van der Waals surface area contributed by atoms with E-state index in [1.54, 1.807) is 41.9 Å². The number of nitrogens with zero attached hydrogens (tertiary/aromatic N) is 2. The normalized spacial score (nSPS) is 17.6. The predicted octanol–water partition coefficient (Wildman–Crippen LogP) is 2.81. The third-order valence-electron chi connectivity index (χ3n) is 4.83. The molecule has 1 saturated heterocycles. The van der Waals surface area contributed by atoms with Crippen molar-refractivity contribution in [2.24, 2.45) is 0 Å². The standard InChI is InChI=1S/C20H22ClN3O3/c1-14-12-24(20(26)17-3-2-4-18(21)11-17)10-9-23(14)13-15-5-7-16(8-6-15)19(25)22-27/h2-8,11,14,27H,9-10,12-13H2,1H3,(H,22,25)/t14-/m0/s1. The van der Waals surface area contributed by atoms with Gasteiger partial charge in [-0.2, -0.15) is 0 Å². The molecule has 0 unspecified atom stereocenters. The van der Waals surface area contributed by atoms with Crippen LogP contribution in [-0.4, -0.2) is 52.5 Å². The molecule has 1 heterocycles. The molecule has 2 amide bonds. The lowest BCUT2D eigenvalue weighted by Crippen LogP contribution is -2.53. The molecular weight excluding hydrogens is 366 g/mol. The minimum Gasteiger partial charge on any atom is -0.336 e. The van der Waals surface area contributed by atoms with Crippen molar-refractivity contribution in [3.63, 3.8) is 0 Å². The van der Waals surface area contributed by atoms with Gasteiger partial charge in [0.25, 0.3) is 11.8 Å². The van der Waals surface area contributed by atoms with Crippen LogP contribution >= 0.6 is 11.6 Å². The fourth-order valence-corrected chi connectivity index (χ4v) is 3.47. The first kappa shape index (κ1) is 19.4. The molecule has 0 aromatic heterocycles. The molecule has 2 aromatic carbocycles. The SMILES string of the molecule is C[C@H]1CN(C(=O)c2cccc(Cl)c2)CCN1Cc1ccc(C(=O)NO)cc1. The van der Waals surface area contributed by atoms with Crippen LogP contribution in [0, 0.1) is 0 Å². The van der Waals surface area contributed by atoms with Gasteiger partial charge in [0.05, 0.1) is 0 Å². The van der Waals surface area contributed by atoms with Crippen LogP contribution in [0.1, 0.15) is 33.2 Å². The summed E-state index contributed by atoms with van der Waals surface area (Å²) in [5, 5.41) is 9.23. The van der Waals surface area contributed by atoms with E-state index in [0.717, 1.165) is 18.7 Å². The summed E-state index contributed by atoms with van der Waals surface area (Å²) in [6, 6.07) is 14.4. The molecule has 2 aromatic rings. The Morgan fingerprint density at radius 2 is 1.89 bits per heavy atom. The van der Waals surface area contributed by atoms with Gasteiger partial charge in [-0.25, -0.2) is 5.48 Å². The van der Waals surface area contributed by atoms with Gasteiger partial charge in [-0.05, 0) is 42.8 Å². The summed E-state index contributed by atoms with van der Waals surface area (Å²) in [5.41, 5.74) is 3.72. The van der Waals surface area contributed by atoms with Gasteiger partial charge in [-0.3, -0.25) is 19.7 Å². The van der Waals surface area contributed by atoms with Gasteiger partial charge >= 0.3 is 0 Å². The topological polar surface area (TPSA) is 72.9 Å². The van der Waals surface area contributed by atoms with Crippen molar-refractivity contribution < 1.29 is 14.8 Å². The molecule has 0 radical (unpaired) electrons. The van der Waals surface area contributed by atoms with Crippen LogP contribution < -0.4 is 5.48 Å². The molecule has 142 valence electrons. The zero-order valence-corrected chi connectivity index (χ0v) is 15.8. The van der Waals surface area contributed by atoms with Crippen molar-refractivity contribution in [2.75, 3.05) is 19.6 Å². The molecule has 2 N–H and O–H groups in total. The van der Waals surface area contributed by atoms with Crippen LogP contribution in [-0.2, 0) is 6.54 Å². The van der Waals surface area contributed by atoms with E-state index in [-0.39, 0.29) is 11.9 Å². The summed E-state index contributed by atoms with van der Waals surface area (Å²) < 4.78 is 0. The number of hydroxylamine groups is 1. The highest BCUT2D eigenvalue weighted by molar-refractivity contribution is 6.30. The van der Waals surface area contributed by atoms with Crippen LogP contribution in [0.2, 0.25) is 5.02 Å². The van der Waals surface area contributed by atoms with Gasteiger partial charge in [0.2, 0.25) is 0 Å². The molecule has 27 heavy (non-hydrogen) atoms. The van der Waals surface area contributed by atoms with Gasteiger partial charge in [-0.1, -0.05) is 29.8 Å². The fraction of sp³-hybridized carbons (Fsp3) is 0.300. The summed E-state index contributed by atoms with van der Waals surface area (Å²) >= 11 is 5.99. The summed E-state index contributed by atoms with van der Waals surface area (Å²) in [6.07, 6.45) is 0. The molecular formula is C20H22ClN3O3. The van der Waals surface area contributed by atoms with Crippen molar-refractivity contribution in [2.45, 2.75) is 19.5 Å². The Kier molecular flexibility index (Phi) is 6.11. The van der Waals surface area contributed by atoms with Crippen LogP contribution in [0.3, 0.4) is 0 Å². The number of nitrogens with one attached hydrogen (secondary N) is 1. The van der Waals surface area contributed by atoms with E-state index in [1.165, 1.54) is 0 Å². The molecule has 1 aliphatic rings. The summed E-state index contributed by atoms with van der Waals surface area (Å²) in [6.45, 7) is 4.91. The van der Waals surface area contributed by atoms with Crippen molar-refractivity contribution >= 4 is 23.4 Å². The molecule has 1 atom stereocenters. The van der Waals surface area contributed by atoms with Gasteiger partial charge < -0.3 is 4.90 Å². The number of hydrogen-bond donors (Lipinski definition) is 2. The number of rotatable bonds is 4. The molecule has 6 nitrogen and oxygen atoms in total. The van der Waals surface area contributed by atoms with E-state index in [9.17, 15) is 9.59 Å². The maximum atomic E-state index is 12.7. The van der Waals surface area contributed by atoms with E-state index in [2.05, 4.69) is 11.8 Å². The zero-order valence-electron chi connectivity index (χ0n) is 15.1. The Balaban J connectivity index is 1.60. The first-order valence-electron chi connectivity index (χ1n) is 8.80. The molecule has 1 fully saturated rings. The Bertz CT molecular complexity index is 825. The highest BCUT2D eigenvalue weighted by Crippen LogP contribution is 2.18. The summed E-state index contributed by atoms with van der Waals surface area (Å²) in [5.74, 6) is -0.522. The van der Waals surface area contributed by atoms with E-state index < -0.39 is 5.91 Å². The Morgan fingerprint density at radius 3 is 2.52 bits per heavy atom. The van der Waals surface area contributed by atoms with E-state index in [0.29, 0.717) is 29.2 Å². The smallest absolute Gasteiger partial charge is 0.274 e. The third-order valence-corrected chi connectivity index (χ3v) is 5.06. The van der Waals surface area contributed by atoms with E-state index >= 15 is 0 Å². The van der Waals surface area contributed by atoms with Gasteiger partial charge in [-0.15, -0.1) is 0 Å². The van der Waals surface area contributed by atoms with Crippen molar-refractivity contribution in [1.82, 2.24) is 15.3 Å². The largest absolute Gasteiger partial charge is 0.336 e. The van der Waals surface area contributed by atoms with Crippen LogP contribution in [0.15, 0.2) is 48.5 Å². The molecule has 0 spiro atoms. The molecule has 3 rings (SSSR count). The number of benzene rings is 2. The number of halogens is 1. The maximum absolute atomic E-state index is 12.7. The van der Waals surface area contributed by atoms with Crippen LogP contribution in [0.25, 0.3) is 0 Å². The number of piperazine rings is 1. The lowest BCUT2D eigenvalue weighted by Gasteiger charge is -2.40. The van der Waals surface area contributed by atoms with Crippen LogP contribution in [0.5, 0.6) is 0 Å². The zero-order chi connectivity index (χ0) is 19.4. The van der Waals surface area contributed by atoms with Crippen LogP contribution in [0.4, 0.5) is 0 Å². The first-order valence-corrected chi connectivity index (χ1v) is 9.18. The Hall–Kier alpha value is -2.41. The van der Waals surface area contributed by atoms with Gasteiger partial charge in [0.1, 0.15) is 0 Å². The van der Waals surface area contributed by atoms with Crippen molar-refractivity contribution in [1.29, 1.82) is 0 Å². The summed E-state index contributed by atoms with van der Waals surface area (Å²) in [7, 11) is 0. The lowest BCUT2D eigenvalue weighted by atomic mass is 10.1. The second-order valence-electron chi connectivity index (χ2n) is 6.72. The second-order valence-corrected chi connectivity index (χ2v) is 7.16. The number of amides is 2. The second kappa shape index (κ2) is 8.52.